The Hall–Kier alpha value is -2.12. The molecule has 0 aliphatic carbocycles. The lowest BCUT2D eigenvalue weighted by Crippen LogP contribution is -2.39. The van der Waals surface area contributed by atoms with Gasteiger partial charge in [0.1, 0.15) is 18.7 Å². The number of carbonyl (C=O) groups is 2. The van der Waals surface area contributed by atoms with Gasteiger partial charge in [-0.25, -0.2) is 9.78 Å². The number of carbonyl (C=O) groups excluding carboxylic acids is 2. The third-order valence-corrected chi connectivity index (χ3v) is 2.04. The number of hydrogen-bond acceptors (Lipinski definition) is 5. The summed E-state index contributed by atoms with van der Waals surface area (Å²) in [5, 5.41) is 11.5. The summed E-state index contributed by atoms with van der Waals surface area (Å²) in [6.07, 6.45) is 2.88. The predicted octanol–water partition coefficient (Wildman–Crippen LogP) is -0.400. The third-order valence-electron chi connectivity index (χ3n) is 2.04. The molecular formula is C10H17N5O3. The number of urea groups is 1. The van der Waals surface area contributed by atoms with Crippen LogP contribution in [0.2, 0.25) is 0 Å². The molecule has 2 amide bonds. The zero-order valence-electron chi connectivity index (χ0n) is 10.2. The summed E-state index contributed by atoms with van der Waals surface area (Å²) in [6, 6.07) is -0.388. The molecule has 0 bridgehead atoms. The van der Waals surface area contributed by atoms with E-state index in [-0.39, 0.29) is 12.6 Å². The van der Waals surface area contributed by atoms with Gasteiger partial charge in [-0.15, -0.1) is 0 Å². The second-order valence-electron chi connectivity index (χ2n) is 3.45. The highest BCUT2D eigenvalue weighted by Crippen LogP contribution is 1.91. The molecule has 0 radical (unpaired) electrons. The molecule has 0 fully saturated rings. The van der Waals surface area contributed by atoms with Crippen LogP contribution in [0.15, 0.2) is 6.33 Å². The second kappa shape index (κ2) is 8.04. The SMILES string of the molecule is CCOC(=O)CNC(=O)NCCCc1ncn[nH]1. The number of hydrogen-bond donors (Lipinski definition) is 3. The first kappa shape index (κ1) is 13.9. The molecule has 8 nitrogen and oxygen atoms in total. The zero-order chi connectivity index (χ0) is 13.2. The normalized spacial score (nSPS) is 9.83. The number of nitrogens with zero attached hydrogens (tertiary/aromatic N) is 2. The van der Waals surface area contributed by atoms with Crippen molar-refractivity contribution in [2.75, 3.05) is 19.7 Å². The van der Waals surface area contributed by atoms with Crippen molar-refractivity contribution in [2.24, 2.45) is 0 Å². The van der Waals surface area contributed by atoms with Crippen molar-refractivity contribution in [3.05, 3.63) is 12.2 Å². The Kier molecular flexibility index (Phi) is 6.23. The summed E-state index contributed by atoms with van der Waals surface area (Å²) < 4.78 is 4.67. The van der Waals surface area contributed by atoms with E-state index in [1.807, 2.05) is 0 Å². The van der Waals surface area contributed by atoms with Gasteiger partial charge in [-0.2, -0.15) is 5.10 Å². The number of aromatic nitrogens is 3. The minimum absolute atomic E-state index is 0.123. The van der Waals surface area contributed by atoms with Gasteiger partial charge in [0.05, 0.1) is 6.61 Å². The van der Waals surface area contributed by atoms with Crippen LogP contribution in [0, 0.1) is 0 Å². The zero-order valence-corrected chi connectivity index (χ0v) is 10.2. The number of ether oxygens (including phenoxy) is 1. The summed E-state index contributed by atoms with van der Waals surface area (Å²) in [4.78, 5) is 26.2. The Labute approximate surface area is 105 Å². The predicted molar refractivity (Wildman–Crippen MR) is 62.7 cm³/mol. The molecule has 0 spiro atoms. The summed E-state index contributed by atoms with van der Waals surface area (Å²) in [6.45, 7) is 2.39. The van der Waals surface area contributed by atoms with Gasteiger partial charge in [0, 0.05) is 13.0 Å². The van der Waals surface area contributed by atoms with Crippen LogP contribution in [0.25, 0.3) is 0 Å². The smallest absolute Gasteiger partial charge is 0.325 e. The molecule has 1 heterocycles. The van der Waals surface area contributed by atoms with Gasteiger partial charge in [0.25, 0.3) is 0 Å². The van der Waals surface area contributed by atoms with Crippen molar-refractivity contribution in [3.8, 4) is 0 Å². The Morgan fingerprint density at radius 3 is 2.94 bits per heavy atom. The molecule has 0 saturated heterocycles. The number of amides is 2. The molecular weight excluding hydrogens is 238 g/mol. The Balaban J connectivity index is 2.01. The van der Waals surface area contributed by atoms with E-state index in [4.69, 9.17) is 0 Å². The van der Waals surface area contributed by atoms with Crippen LogP contribution >= 0.6 is 0 Å². The maximum Gasteiger partial charge on any atom is 0.325 e. The molecule has 18 heavy (non-hydrogen) atoms. The highest BCUT2D eigenvalue weighted by atomic mass is 16.5. The van der Waals surface area contributed by atoms with Crippen LogP contribution in [0.1, 0.15) is 19.2 Å². The number of esters is 1. The van der Waals surface area contributed by atoms with Crippen molar-refractivity contribution in [3.63, 3.8) is 0 Å². The number of aryl methyl sites for hydroxylation is 1. The standard InChI is InChI=1S/C10H17N5O3/c1-2-18-9(16)6-12-10(17)11-5-3-4-8-13-7-14-15-8/h7H,2-6H2,1H3,(H2,11,12,17)(H,13,14,15). The molecule has 3 N–H and O–H groups in total. The molecule has 100 valence electrons. The fourth-order valence-corrected chi connectivity index (χ4v) is 1.24. The highest BCUT2D eigenvalue weighted by molar-refractivity contribution is 5.80. The summed E-state index contributed by atoms with van der Waals surface area (Å²) in [5.74, 6) is 0.332. The molecule has 1 aromatic rings. The minimum atomic E-state index is -0.450. The molecule has 1 rings (SSSR count). The second-order valence-corrected chi connectivity index (χ2v) is 3.45. The topological polar surface area (TPSA) is 109 Å². The summed E-state index contributed by atoms with van der Waals surface area (Å²) in [7, 11) is 0. The number of aromatic amines is 1. The van der Waals surface area contributed by atoms with E-state index in [1.165, 1.54) is 6.33 Å². The first-order valence-corrected chi connectivity index (χ1v) is 5.74. The van der Waals surface area contributed by atoms with E-state index >= 15 is 0 Å². The highest BCUT2D eigenvalue weighted by Gasteiger charge is 2.04. The fourth-order valence-electron chi connectivity index (χ4n) is 1.24. The van der Waals surface area contributed by atoms with Gasteiger partial charge < -0.3 is 15.4 Å². The molecule has 0 aliphatic rings. The monoisotopic (exact) mass is 255 g/mol. The number of nitrogens with one attached hydrogen (secondary N) is 3. The molecule has 0 aromatic carbocycles. The van der Waals surface area contributed by atoms with Crippen molar-refractivity contribution in [2.45, 2.75) is 19.8 Å². The van der Waals surface area contributed by atoms with Gasteiger partial charge in [0.2, 0.25) is 0 Å². The van der Waals surface area contributed by atoms with Crippen molar-refractivity contribution < 1.29 is 14.3 Å². The van der Waals surface area contributed by atoms with Crippen LogP contribution in [-0.4, -0.2) is 46.9 Å². The molecule has 8 heteroatoms. The van der Waals surface area contributed by atoms with E-state index in [9.17, 15) is 9.59 Å². The maximum atomic E-state index is 11.2. The van der Waals surface area contributed by atoms with Crippen LogP contribution in [0.3, 0.4) is 0 Å². The molecule has 1 aromatic heterocycles. The lowest BCUT2D eigenvalue weighted by Gasteiger charge is -2.06. The van der Waals surface area contributed by atoms with Crippen molar-refractivity contribution >= 4 is 12.0 Å². The van der Waals surface area contributed by atoms with Gasteiger partial charge in [-0.3, -0.25) is 9.89 Å². The average Bonchev–Trinajstić information content (AvgIpc) is 2.85. The lowest BCUT2D eigenvalue weighted by atomic mass is 10.3. The van der Waals surface area contributed by atoms with E-state index in [2.05, 4.69) is 30.6 Å². The molecule has 0 unspecified atom stereocenters. The van der Waals surface area contributed by atoms with E-state index in [0.29, 0.717) is 19.6 Å². The summed E-state index contributed by atoms with van der Waals surface area (Å²) >= 11 is 0. The number of rotatable bonds is 7. The molecule has 0 saturated carbocycles. The largest absolute Gasteiger partial charge is 0.465 e. The Bertz CT molecular complexity index is 366. The fraction of sp³-hybridized carbons (Fsp3) is 0.600. The van der Waals surface area contributed by atoms with Gasteiger partial charge >= 0.3 is 12.0 Å². The van der Waals surface area contributed by atoms with Crippen LogP contribution in [0.4, 0.5) is 4.79 Å². The van der Waals surface area contributed by atoms with Crippen LogP contribution in [0.5, 0.6) is 0 Å². The quantitative estimate of drug-likeness (QED) is 0.453. The number of H-pyrrole nitrogens is 1. The first-order chi connectivity index (χ1) is 8.72. The van der Waals surface area contributed by atoms with Gasteiger partial charge in [0.15, 0.2) is 0 Å². The summed E-state index contributed by atoms with van der Waals surface area (Å²) in [5.41, 5.74) is 0. The molecule has 0 atom stereocenters. The Morgan fingerprint density at radius 1 is 1.44 bits per heavy atom. The van der Waals surface area contributed by atoms with Crippen molar-refractivity contribution in [1.82, 2.24) is 25.8 Å². The van der Waals surface area contributed by atoms with Crippen molar-refractivity contribution in [1.29, 1.82) is 0 Å². The van der Waals surface area contributed by atoms with E-state index < -0.39 is 5.97 Å². The maximum absolute atomic E-state index is 11.2. The van der Waals surface area contributed by atoms with E-state index in [1.54, 1.807) is 6.92 Å². The Morgan fingerprint density at radius 2 is 2.28 bits per heavy atom. The lowest BCUT2D eigenvalue weighted by molar-refractivity contribution is -0.141. The van der Waals surface area contributed by atoms with Crippen LogP contribution < -0.4 is 10.6 Å². The van der Waals surface area contributed by atoms with Gasteiger partial charge in [-0.1, -0.05) is 0 Å². The third kappa shape index (κ3) is 5.83. The first-order valence-electron chi connectivity index (χ1n) is 5.74. The molecule has 0 aliphatic heterocycles. The van der Waals surface area contributed by atoms with Gasteiger partial charge in [-0.05, 0) is 13.3 Å². The minimum Gasteiger partial charge on any atom is -0.465 e. The van der Waals surface area contributed by atoms with Crippen LogP contribution in [-0.2, 0) is 16.0 Å². The average molecular weight is 255 g/mol. The van der Waals surface area contributed by atoms with E-state index in [0.717, 1.165) is 12.2 Å².